The van der Waals surface area contributed by atoms with Gasteiger partial charge in [0.05, 0.1) is 10.9 Å². The van der Waals surface area contributed by atoms with Crippen LogP contribution >= 0.6 is 38.9 Å². The Morgan fingerprint density at radius 1 is 1.43 bits per heavy atom. The van der Waals surface area contributed by atoms with Crippen LogP contribution < -0.4 is 4.74 Å². The first-order valence-corrected chi connectivity index (χ1v) is 8.39. The van der Waals surface area contributed by atoms with Gasteiger partial charge in [0.15, 0.2) is 4.88 Å². The number of thiophene rings is 1. The first-order chi connectivity index (χ1) is 10.1. The highest BCUT2D eigenvalue weighted by molar-refractivity contribution is 9.11. The molecule has 0 spiro atoms. The zero-order chi connectivity index (χ0) is 15.4. The fourth-order valence-electron chi connectivity index (χ4n) is 1.97. The number of carbonyl (C=O) groups excluding carboxylic acids is 1. The molecular weight excluding hydrogens is 376 g/mol. The van der Waals surface area contributed by atoms with Crippen LogP contribution in [0.1, 0.15) is 33.8 Å². The Hall–Kier alpha value is -1.04. The number of benzene rings is 1. The van der Waals surface area contributed by atoms with Crippen LogP contribution in [-0.4, -0.2) is 13.1 Å². The molecule has 0 aliphatic rings. The van der Waals surface area contributed by atoms with E-state index < -0.39 is 5.97 Å². The summed E-state index contributed by atoms with van der Waals surface area (Å²) < 4.78 is 11.5. The quantitative estimate of drug-likeness (QED) is 0.522. The van der Waals surface area contributed by atoms with Gasteiger partial charge in [-0.2, -0.15) is 0 Å². The van der Waals surface area contributed by atoms with Crippen molar-refractivity contribution in [3.8, 4) is 5.75 Å². The molecule has 0 saturated heterocycles. The maximum atomic E-state index is 11.8. The van der Waals surface area contributed by atoms with Gasteiger partial charge in [0, 0.05) is 11.9 Å². The first kappa shape index (κ1) is 16.3. The number of hydrogen-bond donors (Lipinski definition) is 0. The molecule has 0 amide bonds. The summed E-state index contributed by atoms with van der Waals surface area (Å²) in [4.78, 5) is 12.2. The van der Waals surface area contributed by atoms with Crippen LogP contribution in [0.15, 0.2) is 34.1 Å². The summed E-state index contributed by atoms with van der Waals surface area (Å²) in [7, 11) is 1.35. The lowest BCUT2D eigenvalue weighted by molar-refractivity contribution is 0.0600. The van der Waals surface area contributed by atoms with E-state index in [1.54, 1.807) is 6.07 Å². The Kier molecular flexibility index (Phi) is 5.67. The summed E-state index contributed by atoms with van der Waals surface area (Å²) in [6.45, 7) is 1.93. The van der Waals surface area contributed by atoms with Crippen molar-refractivity contribution in [1.29, 1.82) is 0 Å². The standard InChI is InChI=1S/C15H14BrClO3S/c1-9(11-6-4-3-5-10(11)8-17)20-12-7-13(16)21-14(12)15(18)19-2/h3-7,9H,8H2,1-2H3. The normalized spacial score (nSPS) is 12.0. The van der Waals surface area contributed by atoms with Crippen molar-refractivity contribution in [1.82, 2.24) is 0 Å². The molecule has 1 heterocycles. The van der Waals surface area contributed by atoms with Crippen LogP contribution in [0.5, 0.6) is 5.75 Å². The molecule has 1 atom stereocenters. The largest absolute Gasteiger partial charge is 0.484 e. The van der Waals surface area contributed by atoms with Gasteiger partial charge in [0.25, 0.3) is 0 Å². The fraction of sp³-hybridized carbons (Fsp3) is 0.267. The molecule has 2 rings (SSSR count). The summed E-state index contributed by atoms with van der Waals surface area (Å²) in [6.07, 6.45) is -0.218. The van der Waals surface area contributed by atoms with Gasteiger partial charge in [-0.3, -0.25) is 0 Å². The minimum atomic E-state index is -0.404. The zero-order valence-corrected chi connectivity index (χ0v) is 14.7. The third kappa shape index (κ3) is 3.78. The number of rotatable bonds is 5. The molecule has 0 bridgehead atoms. The third-order valence-electron chi connectivity index (χ3n) is 2.98. The molecule has 0 N–H and O–H groups in total. The summed E-state index contributed by atoms with van der Waals surface area (Å²) in [6, 6.07) is 9.59. The van der Waals surface area contributed by atoms with E-state index in [0.717, 1.165) is 14.9 Å². The number of esters is 1. The fourth-order valence-corrected chi connectivity index (χ4v) is 3.65. The lowest BCUT2D eigenvalue weighted by Crippen LogP contribution is -2.08. The van der Waals surface area contributed by atoms with Crippen LogP contribution in [0.3, 0.4) is 0 Å². The second-order valence-electron chi connectivity index (χ2n) is 4.33. The topological polar surface area (TPSA) is 35.5 Å². The van der Waals surface area contributed by atoms with E-state index >= 15 is 0 Å². The molecule has 2 aromatic rings. The Balaban J connectivity index is 2.27. The van der Waals surface area contributed by atoms with Gasteiger partial charge in [0.2, 0.25) is 0 Å². The minimum absolute atomic E-state index is 0.218. The van der Waals surface area contributed by atoms with E-state index in [-0.39, 0.29) is 6.10 Å². The Bertz CT molecular complexity index is 642. The molecule has 21 heavy (non-hydrogen) atoms. The van der Waals surface area contributed by atoms with Gasteiger partial charge >= 0.3 is 5.97 Å². The van der Waals surface area contributed by atoms with Gasteiger partial charge in [-0.25, -0.2) is 4.79 Å². The van der Waals surface area contributed by atoms with Crippen molar-refractivity contribution in [3.05, 3.63) is 50.1 Å². The number of halogens is 2. The smallest absolute Gasteiger partial charge is 0.351 e. The van der Waals surface area contributed by atoms with Gasteiger partial charge in [-0.05, 0) is 34.0 Å². The van der Waals surface area contributed by atoms with Crippen molar-refractivity contribution in [2.24, 2.45) is 0 Å². The molecule has 0 radical (unpaired) electrons. The van der Waals surface area contributed by atoms with Gasteiger partial charge in [0.1, 0.15) is 11.9 Å². The van der Waals surface area contributed by atoms with Crippen LogP contribution in [0.25, 0.3) is 0 Å². The van der Waals surface area contributed by atoms with Crippen LogP contribution in [0.2, 0.25) is 0 Å². The Morgan fingerprint density at radius 3 is 2.81 bits per heavy atom. The molecule has 1 aromatic carbocycles. The summed E-state index contributed by atoms with van der Waals surface area (Å²) >= 11 is 10.6. The zero-order valence-electron chi connectivity index (χ0n) is 11.6. The molecule has 0 aliphatic heterocycles. The number of alkyl halides is 1. The summed E-state index contributed by atoms with van der Waals surface area (Å²) in [5.41, 5.74) is 2.02. The van der Waals surface area contributed by atoms with E-state index in [0.29, 0.717) is 16.5 Å². The molecule has 0 saturated carbocycles. The van der Waals surface area contributed by atoms with Crippen molar-refractivity contribution >= 4 is 44.8 Å². The highest BCUT2D eigenvalue weighted by Crippen LogP contribution is 2.36. The molecule has 3 nitrogen and oxygen atoms in total. The average Bonchev–Trinajstić information content (AvgIpc) is 2.86. The molecule has 0 fully saturated rings. The molecule has 6 heteroatoms. The number of ether oxygens (including phenoxy) is 2. The van der Waals surface area contributed by atoms with Crippen LogP contribution in [0, 0.1) is 0 Å². The molecular formula is C15H14BrClO3S. The summed E-state index contributed by atoms with van der Waals surface area (Å²) in [5, 5.41) is 0. The maximum Gasteiger partial charge on any atom is 0.351 e. The SMILES string of the molecule is COC(=O)c1sc(Br)cc1OC(C)c1ccccc1CCl. The maximum absolute atomic E-state index is 11.8. The van der Waals surface area contributed by atoms with E-state index in [1.807, 2.05) is 31.2 Å². The molecule has 1 unspecified atom stereocenters. The van der Waals surface area contributed by atoms with Crippen molar-refractivity contribution in [3.63, 3.8) is 0 Å². The molecule has 1 aromatic heterocycles. The second kappa shape index (κ2) is 7.29. The van der Waals surface area contributed by atoms with Crippen molar-refractivity contribution in [2.75, 3.05) is 7.11 Å². The minimum Gasteiger partial charge on any atom is -0.484 e. The highest BCUT2D eigenvalue weighted by Gasteiger charge is 2.20. The third-order valence-corrected chi connectivity index (χ3v) is 4.87. The first-order valence-electron chi connectivity index (χ1n) is 6.25. The highest BCUT2D eigenvalue weighted by atomic mass is 79.9. The van der Waals surface area contributed by atoms with E-state index in [2.05, 4.69) is 15.9 Å². The number of methoxy groups -OCH3 is 1. The van der Waals surface area contributed by atoms with Crippen LogP contribution in [0.4, 0.5) is 0 Å². The van der Waals surface area contributed by atoms with Crippen LogP contribution in [-0.2, 0) is 10.6 Å². The monoisotopic (exact) mass is 388 g/mol. The van der Waals surface area contributed by atoms with E-state index in [4.69, 9.17) is 21.1 Å². The van der Waals surface area contributed by atoms with Gasteiger partial charge in [-0.15, -0.1) is 22.9 Å². The lowest BCUT2D eigenvalue weighted by atomic mass is 10.0. The molecule has 0 aliphatic carbocycles. The van der Waals surface area contributed by atoms with E-state index in [1.165, 1.54) is 18.4 Å². The molecule has 112 valence electrons. The predicted octanol–water partition coefficient (Wildman–Crippen LogP) is 5.18. The average molecular weight is 390 g/mol. The predicted molar refractivity (Wildman–Crippen MR) is 88.4 cm³/mol. The Labute approximate surface area is 141 Å². The van der Waals surface area contributed by atoms with E-state index in [9.17, 15) is 4.79 Å². The number of carbonyl (C=O) groups is 1. The van der Waals surface area contributed by atoms with Gasteiger partial charge < -0.3 is 9.47 Å². The Morgan fingerprint density at radius 2 is 2.14 bits per heavy atom. The summed E-state index contributed by atoms with van der Waals surface area (Å²) in [5.74, 6) is 0.523. The van der Waals surface area contributed by atoms with Gasteiger partial charge in [-0.1, -0.05) is 24.3 Å². The van der Waals surface area contributed by atoms with Crippen molar-refractivity contribution < 1.29 is 14.3 Å². The van der Waals surface area contributed by atoms with Crippen molar-refractivity contribution in [2.45, 2.75) is 18.9 Å². The number of hydrogen-bond acceptors (Lipinski definition) is 4. The lowest BCUT2D eigenvalue weighted by Gasteiger charge is -2.17. The second-order valence-corrected chi connectivity index (χ2v) is 7.03.